The van der Waals surface area contributed by atoms with E-state index in [4.69, 9.17) is 14.7 Å². The number of methoxy groups -OCH3 is 1. The zero-order valence-electron chi connectivity index (χ0n) is 21.3. The maximum absolute atomic E-state index is 13.8. The Morgan fingerprint density at radius 3 is 2.59 bits per heavy atom. The summed E-state index contributed by atoms with van der Waals surface area (Å²) < 4.78 is 12.8. The molecule has 3 aromatic carbocycles. The number of benzene rings is 3. The maximum atomic E-state index is 13.8. The first-order valence-electron chi connectivity index (χ1n) is 12.1. The van der Waals surface area contributed by atoms with Crippen molar-refractivity contribution in [1.29, 1.82) is 5.26 Å². The van der Waals surface area contributed by atoms with Crippen LogP contribution in [0.1, 0.15) is 24.1 Å². The third-order valence-electron chi connectivity index (χ3n) is 6.19. The molecule has 1 N–H and O–H groups in total. The Labute approximate surface area is 228 Å². The standard InChI is InChI=1S/C30H24N4O4S/c1-19-26(28(35)33-22-8-4-3-5-9-22)27(21-11-13-23(37-2)14-12-21)34-29(36)25(39-30(34)32-19)18-20-7-6-10-24(17-20)38-16-15-31/h3-14,17-18,27H,16H2,1-2H3,(H,33,35)/b25-18+/t27-/m1/s1. The van der Waals surface area contributed by atoms with E-state index in [1.165, 1.54) is 11.3 Å². The van der Waals surface area contributed by atoms with Crippen molar-refractivity contribution >= 4 is 29.0 Å². The monoisotopic (exact) mass is 536 g/mol. The van der Waals surface area contributed by atoms with Gasteiger partial charge in [0.2, 0.25) is 0 Å². The number of aromatic nitrogens is 1. The Morgan fingerprint density at radius 1 is 1.10 bits per heavy atom. The molecule has 1 aliphatic rings. The molecule has 39 heavy (non-hydrogen) atoms. The Bertz CT molecular complexity index is 1780. The fourth-order valence-electron chi connectivity index (χ4n) is 4.39. The van der Waals surface area contributed by atoms with Crippen molar-refractivity contribution in [2.24, 2.45) is 4.99 Å². The summed E-state index contributed by atoms with van der Waals surface area (Å²) >= 11 is 1.25. The van der Waals surface area contributed by atoms with Crippen molar-refractivity contribution in [2.45, 2.75) is 13.0 Å². The number of hydrogen-bond donors (Lipinski definition) is 1. The van der Waals surface area contributed by atoms with Gasteiger partial charge < -0.3 is 14.8 Å². The largest absolute Gasteiger partial charge is 0.497 e. The SMILES string of the molecule is COc1ccc([C@@H]2C(C(=O)Nc3ccccc3)=C(C)N=c3s/c(=C/c4cccc(OCC#N)c4)c(=O)n32)cc1. The number of nitrogens with zero attached hydrogens (tertiary/aromatic N) is 3. The van der Waals surface area contributed by atoms with E-state index in [1.807, 2.05) is 42.5 Å². The number of nitrogens with one attached hydrogen (secondary N) is 1. The Morgan fingerprint density at radius 2 is 1.87 bits per heavy atom. The highest BCUT2D eigenvalue weighted by atomic mass is 32.1. The third kappa shape index (κ3) is 5.37. The lowest BCUT2D eigenvalue weighted by atomic mass is 9.95. The average Bonchev–Trinajstić information content (AvgIpc) is 3.25. The fourth-order valence-corrected chi connectivity index (χ4v) is 5.44. The number of carbonyl (C=O) groups excluding carboxylic acids is 1. The molecule has 0 aliphatic carbocycles. The molecule has 8 nitrogen and oxygen atoms in total. The van der Waals surface area contributed by atoms with Gasteiger partial charge in [0.1, 0.15) is 17.6 Å². The molecule has 1 atom stereocenters. The van der Waals surface area contributed by atoms with Crippen molar-refractivity contribution in [2.75, 3.05) is 19.0 Å². The number of amides is 1. The lowest BCUT2D eigenvalue weighted by Gasteiger charge is -2.25. The van der Waals surface area contributed by atoms with Crippen LogP contribution in [0, 0.1) is 11.3 Å². The Kier molecular flexibility index (Phi) is 7.39. The number of hydrogen-bond acceptors (Lipinski definition) is 7. The maximum Gasteiger partial charge on any atom is 0.271 e. The molecule has 9 heteroatoms. The van der Waals surface area contributed by atoms with E-state index >= 15 is 0 Å². The molecule has 1 aliphatic heterocycles. The molecule has 1 amide bonds. The third-order valence-corrected chi connectivity index (χ3v) is 7.17. The van der Waals surface area contributed by atoms with Crippen molar-refractivity contribution < 1.29 is 14.3 Å². The molecule has 0 saturated heterocycles. The lowest BCUT2D eigenvalue weighted by molar-refractivity contribution is -0.113. The summed E-state index contributed by atoms with van der Waals surface area (Å²) in [5, 5.41) is 11.7. The van der Waals surface area contributed by atoms with Crippen LogP contribution in [0.4, 0.5) is 5.69 Å². The van der Waals surface area contributed by atoms with Crippen LogP contribution in [0.25, 0.3) is 6.08 Å². The number of carbonyl (C=O) groups is 1. The first-order chi connectivity index (χ1) is 19.0. The number of nitriles is 1. The van der Waals surface area contributed by atoms with Crippen LogP contribution >= 0.6 is 11.3 Å². The van der Waals surface area contributed by atoms with Gasteiger partial charge in [-0.2, -0.15) is 5.26 Å². The van der Waals surface area contributed by atoms with Crippen LogP contribution < -0.4 is 29.7 Å². The van der Waals surface area contributed by atoms with Gasteiger partial charge in [0, 0.05) is 5.69 Å². The Hall–Kier alpha value is -4.94. The van der Waals surface area contributed by atoms with Gasteiger partial charge in [0.05, 0.1) is 29.0 Å². The van der Waals surface area contributed by atoms with Gasteiger partial charge in [-0.25, -0.2) is 4.99 Å². The minimum absolute atomic E-state index is 0.0689. The molecule has 0 radical (unpaired) electrons. The molecule has 0 bridgehead atoms. The second-order valence-electron chi connectivity index (χ2n) is 8.69. The van der Waals surface area contributed by atoms with Crippen molar-refractivity contribution in [3.63, 3.8) is 0 Å². The summed E-state index contributed by atoms with van der Waals surface area (Å²) in [6.45, 7) is 1.71. The second-order valence-corrected chi connectivity index (χ2v) is 9.70. The van der Waals surface area contributed by atoms with Crippen LogP contribution in [0.2, 0.25) is 0 Å². The topological polar surface area (TPSA) is 106 Å². The number of para-hydroxylation sites is 1. The number of fused-ring (bicyclic) bond motifs is 1. The molecule has 194 valence electrons. The quantitative estimate of drug-likeness (QED) is 0.387. The van der Waals surface area contributed by atoms with Gasteiger partial charge in [-0.15, -0.1) is 0 Å². The zero-order valence-corrected chi connectivity index (χ0v) is 22.1. The lowest BCUT2D eigenvalue weighted by Crippen LogP contribution is -2.40. The minimum atomic E-state index is -0.691. The normalized spacial score (nSPS) is 14.7. The molecule has 0 saturated carbocycles. The highest BCUT2D eigenvalue weighted by Gasteiger charge is 2.32. The predicted octanol–water partition coefficient (Wildman–Crippen LogP) is 3.78. The number of thiazole rings is 1. The second kappa shape index (κ2) is 11.2. The molecule has 2 heterocycles. The van der Waals surface area contributed by atoms with Gasteiger partial charge >= 0.3 is 0 Å². The number of allylic oxidation sites excluding steroid dienone is 1. The fraction of sp³-hybridized carbons (Fsp3) is 0.133. The molecule has 5 rings (SSSR count). The minimum Gasteiger partial charge on any atom is -0.497 e. The van der Waals surface area contributed by atoms with Gasteiger partial charge in [-0.3, -0.25) is 14.2 Å². The molecule has 0 fully saturated rings. The number of rotatable bonds is 7. The molecule has 1 aromatic heterocycles. The highest BCUT2D eigenvalue weighted by Crippen LogP contribution is 2.31. The number of ether oxygens (including phenoxy) is 2. The number of anilines is 1. The molecule has 4 aromatic rings. The predicted molar refractivity (Wildman–Crippen MR) is 149 cm³/mol. The van der Waals surface area contributed by atoms with Gasteiger partial charge in [-0.1, -0.05) is 53.8 Å². The first kappa shape index (κ1) is 25.7. The molecular formula is C30H24N4O4S. The molecular weight excluding hydrogens is 512 g/mol. The van der Waals surface area contributed by atoms with Crippen molar-refractivity contribution in [1.82, 2.24) is 4.57 Å². The van der Waals surface area contributed by atoms with E-state index in [0.29, 0.717) is 37.8 Å². The van der Waals surface area contributed by atoms with E-state index < -0.39 is 6.04 Å². The Balaban J connectivity index is 1.63. The summed E-state index contributed by atoms with van der Waals surface area (Å²) in [5.74, 6) is 0.866. The molecule has 0 spiro atoms. The van der Waals surface area contributed by atoms with Gasteiger partial charge in [-0.05, 0) is 60.5 Å². The first-order valence-corrected chi connectivity index (χ1v) is 12.9. The van der Waals surface area contributed by atoms with Crippen LogP contribution in [0.5, 0.6) is 11.5 Å². The smallest absolute Gasteiger partial charge is 0.271 e. The highest BCUT2D eigenvalue weighted by molar-refractivity contribution is 7.07. The van der Waals surface area contributed by atoms with E-state index in [0.717, 1.165) is 11.1 Å². The average molecular weight is 537 g/mol. The van der Waals surface area contributed by atoms with Gasteiger partial charge in [0.25, 0.3) is 11.5 Å². The van der Waals surface area contributed by atoms with Gasteiger partial charge in [0.15, 0.2) is 11.4 Å². The van der Waals surface area contributed by atoms with Crippen LogP contribution in [-0.4, -0.2) is 24.2 Å². The van der Waals surface area contributed by atoms with E-state index in [-0.39, 0.29) is 18.1 Å². The van der Waals surface area contributed by atoms with Crippen LogP contribution in [0.15, 0.2) is 99.9 Å². The van der Waals surface area contributed by atoms with E-state index in [1.54, 1.807) is 67.1 Å². The summed E-state index contributed by atoms with van der Waals surface area (Å²) in [5.41, 5.74) is 2.80. The van der Waals surface area contributed by atoms with E-state index in [2.05, 4.69) is 10.3 Å². The summed E-state index contributed by atoms with van der Waals surface area (Å²) in [7, 11) is 1.58. The summed E-state index contributed by atoms with van der Waals surface area (Å²) in [6.07, 6.45) is 1.76. The molecule has 0 unspecified atom stereocenters. The van der Waals surface area contributed by atoms with Crippen molar-refractivity contribution in [3.8, 4) is 17.6 Å². The zero-order chi connectivity index (χ0) is 27.4. The summed E-state index contributed by atoms with van der Waals surface area (Å²) in [4.78, 5) is 32.6. The summed E-state index contributed by atoms with van der Waals surface area (Å²) in [6, 6.07) is 24.9. The van der Waals surface area contributed by atoms with Crippen molar-refractivity contribution in [3.05, 3.63) is 121 Å². The van der Waals surface area contributed by atoms with Crippen LogP contribution in [-0.2, 0) is 4.79 Å². The van der Waals surface area contributed by atoms with E-state index in [9.17, 15) is 9.59 Å². The van der Waals surface area contributed by atoms with Crippen LogP contribution in [0.3, 0.4) is 0 Å².